The minimum Gasteiger partial charge on any atom is -0.459 e. The normalized spacial score (nSPS) is 14.8. The van der Waals surface area contributed by atoms with E-state index < -0.39 is 0 Å². The van der Waals surface area contributed by atoms with Crippen molar-refractivity contribution in [2.45, 2.75) is 26.2 Å². The molecule has 1 amide bonds. The predicted molar refractivity (Wildman–Crippen MR) is 127 cm³/mol. The third-order valence-electron chi connectivity index (χ3n) is 5.81. The molecule has 0 spiro atoms. The molecule has 0 atom stereocenters. The number of hydrogen-bond donors (Lipinski definition) is 0. The van der Waals surface area contributed by atoms with Gasteiger partial charge in [-0.3, -0.25) is 4.79 Å². The summed E-state index contributed by atoms with van der Waals surface area (Å²) in [4.78, 5) is 26.6. The van der Waals surface area contributed by atoms with Crippen LogP contribution in [0.1, 0.15) is 42.6 Å². The number of aromatic nitrogens is 4. The molecule has 0 unspecified atom stereocenters. The Hall–Kier alpha value is -3.39. The number of halogens is 1. The molecule has 1 saturated heterocycles. The van der Waals surface area contributed by atoms with Gasteiger partial charge in [0, 0.05) is 37.1 Å². The fourth-order valence-electron chi connectivity index (χ4n) is 4.09. The highest BCUT2D eigenvalue weighted by Gasteiger charge is 2.25. The van der Waals surface area contributed by atoms with E-state index in [0.717, 1.165) is 41.3 Å². The Morgan fingerprint density at radius 3 is 2.73 bits per heavy atom. The first-order valence-corrected chi connectivity index (χ1v) is 11.5. The summed E-state index contributed by atoms with van der Waals surface area (Å²) in [5.74, 6) is 2.06. The zero-order valence-corrected chi connectivity index (χ0v) is 19.4. The molecule has 0 aliphatic carbocycles. The molecular weight excluding hydrogens is 440 g/mol. The second-order valence-corrected chi connectivity index (χ2v) is 8.88. The highest BCUT2D eigenvalue weighted by atomic mass is 35.5. The van der Waals surface area contributed by atoms with E-state index in [9.17, 15) is 4.79 Å². The molecule has 1 fully saturated rings. The summed E-state index contributed by atoms with van der Waals surface area (Å²) in [6.07, 6.45) is 4.17. The molecular formula is C24H25ClN6O2. The molecule has 33 heavy (non-hydrogen) atoms. The number of carbonyl (C=O) groups excluding carboxylic acids is 1. The van der Waals surface area contributed by atoms with Gasteiger partial charge in [0.1, 0.15) is 11.6 Å². The SMILES string of the molecule is CC(C)c1nc(N2CCCN(C(=O)c3ccco3)CC2)c2cnn(-c3cccc(Cl)c3)c2n1. The lowest BCUT2D eigenvalue weighted by Gasteiger charge is -2.23. The molecule has 1 aliphatic rings. The molecule has 4 aromatic rings. The first kappa shape index (κ1) is 21.5. The fraction of sp³-hybridized carbons (Fsp3) is 0.333. The molecule has 0 bridgehead atoms. The lowest BCUT2D eigenvalue weighted by molar-refractivity contribution is 0.0735. The van der Waals surface area contributed by atoms with E-state index in [4.69, 9.17) is 26.0 Å². The van der Waals surface area contributed by atoms with Crippen LogP contribution in [-0.2, 0) is 0 Å². The molecule has 1 aromatic carbocycles. The van der Waals surface area contributed by atoms with Crippen LogP contribution in [0.2, 0.25) is 5.02 Å². The van der Waals surface area contributed by atoms with Crippen molar-refractivity contribution >= 4 is 34.4 Å². The molecule has 5 rings (SSSR count). The van der Waals surface area contributed by atoms with E-state index in [1.807, 2.05) is 40.0 Å². The van der Waals surface area contributed by atoms with Crippen LogP contribution in [0.5, 0.6) is 0 Å². The van der Waals surface area contributed by atoms with Gasteiger partial charge in [0.05, 0.1) is 23.5 Å². The topological polar surface area (TPSA) is 80.3 Å². The van der Waals surface area contributed by atoms with Crippen LogP contribution in [-0.4, -0.2) is 56.7 Å². The van der Waals surface area contributed by atoms with Gasteiger partial charge in [-0.25, -0.2) is 14.6 Å². The monoisotopic (exact) mass is 464 g/mol. The summed E-state index contributed by atoms with van der Waals surface area (Å²) in [5, 5.41) is 6.14. The third-order valence-corrected chi connectivity index (χ3v) is 6.04. The van der Waals surface area contributed by atoms with Gasteiger partial charge < -0.3 is 14.2 Å². The molecule has 0 radical (unpaired) electrons. The van der Waals surface area contributed by atoms with Gasteiger partial charge in [0.2, 0.25) is 0 Å². The largest absolute Gasteiger partial charge is 0.459 e. The summed E-state index contributed by atoms with van der Waals surface area (Å²) in [5.41, 5.74) is 1.60. The van der Waals surface area contributed by atoms with Crippen molar-refractivity contribution in [1.82, 2.24) is 24.6 Å². The summed E-state index contributed by atoms with van der Waals surface area (Å²) in [6, 6.07) is 11.0. The lowest BCUT2D eigenvalue weighted by Crippen LogP contribution is -2.35. The third kappa shape index (κ3) is 4.18. The van der Waals surface area contributed by atoms with Gasteiger partial charge in [0.25, 0.3) is 5.91 Å². The van der Waals surface area contributed by atoms with Crippen molar-refractivity contribution in [2.75, 3.05) is 31.1 Å². The molecule has 1 aliphatic heterocycles. The van der Waals surface area contributed by atoms with Crippen molar-refractivity contribution in [1.29, 1.82) is 0 Å². The van der Waals surface area contributed by atoms with Crippen molar-refractivity contribution in [3.05, 3.63) is 65.5 Å². The number of nitrogens with zero attached hydrogens (tertiary/aromatic N) is 6. The summed E-state index contributed by atoms with van der Waals surface area (Å²) >= 11 is 6.22. The maximum atomic E-state index is 12.8. The van der Waals surface area contributed by atoms with Gasteiger partial charge in [-0.1, -0.05) is 31.5 Å². The van der Waals surface area contributed by atoms with E-state index in [1.54, 1.807) is 12.1 Å². The van der Waals surface area contributed by atoms with E-state index >= 15 is 0 Å². The first-order chi connectivity index (χ1) is 16.0. The second kappa shape index (κ2) is 8.86. The Morgan fingerprint density at radius 2 is 1.97 bits per heavy atom. The van der Waals surface area contributed by atoms with Crippen LogP contribution in [0, 0.1) is 0 Å². The zero-order valence-electron chi connectivity index (χ0n) is 18.6. The number of rotatable bonds is 4. The van der Waals surface area contributed by atoms with Crippen molar-refractivity contribution < 1.29 is 9.21 Å². The minimum absolute atomic E-state index is 0.0775. The summed E-state index contributed by atoms with van der Waals surface area (Å²) in [7, 11) is 0. The molecule has 0 N–H and O–H groups in total. The molecule has 9 heteroatoms. The number of carbonyl (C=O) groups is 1. The van der Waals surface area contributed by atoms with E-state index in [1.165, 1.54) is 6.26 Å². The Labute approximate surface area is 196 Å². The molecule has 8 nitrogen and oxygen atoms in total. The second-order valence-electron chi connectivity index (χ2n) is 8.44. The van der Waals surface area contributed by atoms with E-state index in [-0.39, 0.29) is 11.8 Å². The highest BCUT2D eigenvalue weighted by Crippen LogP contribution is 2.29. The molecule has 3 aromatic heterocycles. The van der Waals surface area contributed by atoms with E-state index in [2.05, 4.69) is 23.8 Å². The number of hydrogen-bond acceptors (Lipinski definition) is 6. The van der Waals surface area contributed by atoms with Crippen LogP contribution in [0.3, 0.4) is 0 Å². The number of furan rings is 1. The van der Waals surface area contributed by atoms with Gasteiger partial charge >= 0.3 is 0 Å². The van der Waals surface area contributed by atoms with Crippen LogP contribution in [0.25, 0.3) is 16.7 Å². The Balaban J connectivity index is 1.50. The van der Waals surface area contributed by atoms with Crippen LogP contribution in [0.4, 0.5) is 5.82 Å². The van der Waals surface area contributed by atoms with Crippen molar-refractivity contribution in [3.63, 3.8) is 0 Å². The van der Waals surface area contributed by atoms with Crippen LogP contribution < -0.4 is 4.90 Å². The molecule has 0 saturated carbocycles. The standard InChI is InChI=1S/C24H25ClN6O2/c1-16(2)21-27-22(19-15-26-31(23(19)28-21)18-7-3-6-17(25)14-18)29-9-5-10-30(12-11-29)24(32)20-8-4-13-33-20/h3-4,6-8,13-16H,5,9-12H2,1-2H3. The van der Waals surface area contributed by atoms with Gasteiger partial charge in [0.15, 0.2) is 11.4 Å². The Kier molecular flexibility index (Phi) is 5.76. The number of anilines is 1. The van der Waals surface area contributed by atoms with Crippen LogP contribution in [0.15, 0.2) is 53.3 Å². The lowest BCUT2D eigenvalue weighted by atomic mass is 10.2. The number of benzene rings is 1. The average molecular weight is 465 g/mol. The fourth-order valence-corrected chi connectivity index (χ4v) is 4.28. The zero-order chi connectivity index (χ0) is 22.9. The Bertz CT molecular complexity index is 1280. The smallest absolute Gasteiger partial charge is 0.289 e. The highest BCUT2D eigenvalue weighted by molar-refractivity contribution is 6.30. The maximum Gasteiger partial charge on any atom is 0.289 e. The van der Waals surface area contributed by atoms with Gasteiger partial charge in [-0.2, -0.15) is 5.10 Å². The van der Waals surface area contributed by atoms with Gasteiger partial charge in [-0.05, 0) is 36.8 Å². The van der Waals surface area contributed by atoms with Gasteiger partial charge in [-0.15, -0.1) is 0 Å². The maximum absolute atomic E-state index is 12.8. The molecule has 170 valence electrons. The quantitative estimate of drug-likeness (QED) is 0.441. The number of fused-ring (bicyclic) bond motifs is 1. The summed E-state index contributed by atoms with van der Waals surface area (Å²) < 4.78 is 7.12. The first-order valence-electron chi connectivity index (χ1n) is 11.1. The van der Waals surface area contributed by atoms with Crippen molar-refractivity contribution in [2.24, 2.45) is 0 Å². The molecule has 4 heterocycles. The van der Waals surface area contributed by atoms with Crippen molar-refractivity contribution in [3.8, 4) is 5.69 Å². The van der Waals surface area contributed by atoms with E-state index in [0.29, 0.717) is 30.4 Å². The summed E-state index contributed by atoms with van der Waals surface area (Å²) in [6.45, 7) is 6.87. The Morgan fingerprint density at radius 1 is 1.09 bits per heavy atom. The predicted octanol–water partition coefficient (Wildman–Crippen LogP) is 4.54. The average Bonchev–Trinajstić information content (AvgIpc) is 3.43. The number of amides is 1. The van der Waals surface area contributed by atoms with Crippen LogP contribution >= 0.6 is 11.6 Å². The minimum atomic E-state index is -0.0775.